The van der Waals surface area contributed by atoms with E-state index in [1.807, 2.05) is 111 Å². The molecule has 776 valence electrons. The molecular formula is C110H117Cl2F3N20O13S. The minimum atomic E-state index is -1.20. The number of allylic oxidation sites excluding steroid dienone is 1. The van der Waals surface area contributed by atoms with Gasteiger partial charge in [-0.3, -0.25) is 24.7 Å². The van der Waals surface area contributed by atoms with Crippen molar-refractivity contribution >= 4 is 141 Å². The number of methoxy groups -OCH3 is 4. The Morgan fingerprint density at radius 1 is 0.638 bits per heavy atom. The SMILES string of the molecule is C#Cc1cccc(Nc2ncnc3cc(OCCOC)c(OCCOC)cc23)c1.CN(C)C/C=C/C(=O)Cc1cc2c(Nc3ccc(F)c(Cl)c3)ncnc2cc1O[C@H]1CCOC1.COC1CCN(c2nccc(Cc3cc4c(cn3)nc(C)n4C(C)C)n2)CC1.COc1cc2ncnc(Nc3ccc(F)c(Cl)c3)c2cc1OCCCN1CCCCC1.O=C(Nc1nccs1)C(c1cc(F)ccc1O)N1Cc2ccccc2C1=O. The zero-order valence-corrected chi connectivity index (χ0v) is 86.4. The van der Waals surface area contributed by atoms with Crippen molar-refractivity contribution in [2.45, 2.75) is 109 Å². The molecule has 2 amide bonds. The second-order valence-corrected chi connectivity index (χ2v) is 37.5. The van der Waals surface area contributed by atoms with Crippen LogP contribution in [0.15, 0.2) is 207 Å². The molecule has 5 N–H and O–H groups in total. The first-order valence-electron chi connectivity index (χ1n) is 48.7. The highest BCUT2D eigenvalue weighted by molar-refractivity contribution is 7.13. The van der Waals surface area contributed by atoms with Crippen LogP contribution in [0, 0.1) is 36.7 Å². The maximum atomic E-state index is 13.8. The lowest BCUT2D eigenvalue weighted by Gasteiger charge is -2.31. The van der Waals surface area contributed by atoms with Gasteiger partial charge >= 0.3 is 0 Å². The number of phenolic OH excluding ortho intramolecular Hbond substituents is 1. The van der Waals surface area contributed by atoms with Gasteiger partial charge in [0.25, 0.3) is 11.8 Å². The number of fused-ring (bicyclic) bond motifs is 5. The molecule has 3 saturated heterocycles. The molecule has 0 bridgehead atoms. The van der Waals surface area contributed by atoms with Gasteiger partial charge in [0.05, 0.1) is 90.3 Å². The quantitative estimate of drug-likeness (QED) is 0.0138. The number of amides is 2. The van der Waals surface area contributed by atoms with Crippen molar-refractivity contribution in [3.63, 3.8) is 0 Å². The van der Waals surface area contributed by atoms with Gasteiger partial charge in [0.2, 0.25) is 5.95 Å². The number of likely N-dealkylation sites (N-methyl/N-ethyl adjacent to an activating group) is 1. The van der Waals surface area contributed by atoms with E-state index < -0.39 is 29.4 Å². The molecule has 0 saturated carbocycles. The molecule has 39 heteroatoms. The van der Waals surface area contributed by atoms with Gasteiger partial charge in [0.1, 0.15) is 102 Å². The first-order chi connectivity index (χ1) is 72.4. The van der Waals surface area contributed by atoms with Crippen LogP contribution in [-0.4, -0.2) is 237 Å². The van der Waals surface area contributed by atoms with Gasteiger partial charge in [-0.1, -0.05) is 65.9 Å². The Balaban J connectivity index is 0.000000140. The number of aromatic nitrogens is 12. The number of anilines is 8. The summed E-state index contributed by atoms with van der Waals surface area (Å²) in [5, 5.41) is 26.9. The molecule has 1 unspecified atom stereocenters. The first kappa shape index (κ1) is 108. The average molecular weight is 2090 g/mol. The maximum absolute atomic E-state index is 13.8. The van der Waals surface area contributed by atoms with E-state index in [2.05, 4.69) is 111 Å². The maximum Gasteiger partial charge on any atom is 0.255 e. The number of hydrogen-bond donors (Lipinski definition) is 5. The normalized spacial score (nSPS) is 14.2. The number of ether oxygens (including phenoxy) is 9. The van der Waals surface area contributed by atoms with Gasteiger partial charge in [0, 0.05) is 176 Å². The van der Waals surface area contributed by atoms with Crippen LogP contribution >= 0.6 is 34.5 Å². The number of nitrogens with one attached hydrogen (secondary N) is 4. The molecule has 15 aromatic rings. The van der Waals surface area contributed by atoms with Crippen molar-refractivity contribution in [3.8, 4) is 46.8 Å². The summed E-state index contributed by atoms with van der Waals surface area (Å²) in [5.41, 5.74) is 11.0. The molecule has 0 spiro atoms. The second kappa shape index (κ2) is 53.2. The summed E-state index contributed by atoms with van der Waals surface area (Å²) in [5.74, 6) is 6.42. The fraction of sp³-hybridized carbons (Fsp3) is 0.327. The fourth-order valence-corrected chi connectivity index (χ4v) is 18.2. The highest BCUT2D eigenvalue weighted by Crippen LogP contribution is 2.42. The Hall–Kier alpha value is -14.9. The van der Waals surface area contributed by atoms with E-state index in [4.69, 9.17) is 77.2 Å². The van der Waals surface area contributed by atoms with Crippen molar-refractivity contribution < 1.29 is 75.3 Å². The van der Waals surface area contributed by atoms with Crippen molar-refractivity contribution in [1.82, 2.24) is 74.1 Å². The monoisotopic (exact) mass is 2080 g/mol. The number of pyridine rings is 1. The number of aromatic hydroxyl groups is 1. The number of nitrogens with zero attached hydrogens (tertiary/aromatic N) is 16. The number of piperidine rings is 2. The van der Waals surface area contributed by atoms with Crippen molar-refractivity contribution in [2.24, 2.45) is 0 Å². The number of benzene rings is 8. The zero-order chi connectivity index (χ0) is 105. The van der Waals surface area contributed by atoms with E-state index in [-0.39, 0.29) is 52.1 Å². The molecule has 19 rings (SSSR count). The number of phenols is 1. The van der Waals surface area contributed by atoms with E-state index in [0.29, 0.717) is 156 Å². The number of carbonyl (C=O) groups excluding carboxylic acids is 3. The number of likely N-dealkylation sites (tertiary alicyclic amines) is 1. The van der Waals surface area contributed by atoms with Crippen LogP contribution in [0.4, 0.5) is 58.8 Å². The standard InChI is InChI=1S/C25H26ClFN4O3.C23H26ClFN4O2.C22H23N3O4.C21H28N6O.C19H14FN3O3S/c1-31(2)8-3-4-18(32)10-16-11-20-23(13-24(16)34-19-7-9-33-14-19)28-15-29-25(20)30-17-5-6-22(27)21(26)12-17;1-30-21-14-20-17(13-22(21)31-11-5-10-29-8-3-2-4-9-29)23(27-15-26-20)28-16-6-7-19(25)18(24)12-16;1-4-16-6-5-7-17(12-16)25-22-18-13-20(28-10-8-26-2)21(29-11-9-27-3)14-19(18)23-15-24-22;1-14(2)27-15(3)24-19-13-23-17(12-20(19)27)11-16-5-8-22-21(25-16)26-9-6-18(28-4)7-10-26;20-12-5-6-15(24)14(9-12)16(17(25)22-19-21-7-8-27-19)23-10-11-3-1-2-4-13(11)18(23)26/h3-6,11-13,15,19H,7-10,14H2,1-2H3,(H,28,29,30);6-7,12-15H,2-5,8-11H2,1H3,(H,26,27,28);1,5-7,12-15H,8-11H2,2-3H3,(H,23,24,25);5,8,12-14,18H,6-7,9-11H2,1-4H3;1-9,16,24H,10H2,(H,21,22,25)/b4-3+;;;;/t19-;;;;/m0..../s1. The molecule has 2 atom stereocenters. The number of halogens is 5. The Morgan fingerprint density at radius 2 is 1.27 bits per heavy atom. The third-order valence-corrected chi connectivity index (χ3v) is 25.9. The summed E-state index contributed by atoms with van der Waals surface area (Å²) >= 11 is 13.0. The van der Waals surface area contributed by atoms with E-state index in [1.54, 1.807) is 76.3 Å². The summed E-state index contributed by atoms with van der Waals surface area (Å²) in [4.78, 5) is 95.3. The Bertz CT molecular complexity index is 7200. The lowest BCUT2D eigenvalue weighted by molar-refractivity contribution is -0.121. The van der Waals surface area contributed by atoms with Crippen LogP contribution in [0.5, 0.6) is 34.5 Å². The van der Waals surface area contributed by atoms with Gasteiger partial charge in [-0.05, 0) is 201 Å². The van der Waals surface area contributed by atoms with Crippen molar-refractivity contribution in [1.29, 1.82) is 0 Å². The summed E-state index contributed by atoms with van der Waals surface area (Å²) in [6.45, 7) is 16.0. The lowest BCUT2D eigenvalue weighted by atomic mass is 10.0. The van der Waals surface area contributed by atoms with Crippen molar-refractivity contribution in [3.05, 3.63) is 279 Å². The smallest absolute Gasteiger partial charge is 0.255 e. The highest BCUT2D eigenvalue weighted by atomic mass is 35.5. The molecule has 4 aliphatic rings. The Morgan fingerprint density at radius 3 is 1.87 bits per heavy atom. The Kier molecular flexibility index (Phi) is 38.7. The van der Waals surface area contributed by atoms with Crippen LogP contribution in [0.2, 0.25) is 10.0 Å². The third-order valence-electron chi connectivity index (χ3n) is 24.6. The molecule has 3 fully saturated rings. The average Bonchev–Trinajstić information content (AvgIpc) is 1.76. The largest absolute Gasteiger partial charge is 0.508 e. The molecule has 0 radical (unpaired) electrons. The number of ketones is 1. The van der Waals surface area contributed by atoms with Gasteiger partial charge in [-0.25, -0.2) is 63.0 Å². The molecular weight excluding hydrogens is 1970 g/mol. The minimum Gasteiger partial charge on any atom is -0.508 e. The molecule has 149 heavy (non-hydrogen) atoms. The van der Waals surface area contributed by atoms with E-state index >= 15 is 0 Å². The third kappa shape index (κ3) is 29.4. The number of terminal acetylenes is 1. The topological polar surface area (TPSA) is 362 Å². The van der Waals surface area contributed by atoms with Crippen LogP contribution in [0.1, 0.15) is 121 Å². The predicted octanol–water partition coefficient (Wildman–Crippen LogP) is 20.0. The van der Waals surface area contributed by atoms with Gasteiger partial charge < -0.3 is 87.9 Å². The van der Waals surface area contributed by atoms with Crippen LogP contribution in [0.3, 0.4) is 0 Å². The molecule has 8 aromatic carbocycles. The predicted molar refractivity (Wildman–Crippen MR) is 571 cm³/mol. The first-order valence-corrected chi connectivity index (χ1v) is 50.4. The van der Waals surface area contributed by atoms with Gasteiger partial charge in [-0.15, -0.1) is 17.8 Å². The van der Waals surface area contributed by atoms with Gasteiger partial charge in [0.15, 0.2) is 33.9 Å². The number of aryl methyl sites for hydroxylation is 1. The van der Waals surface area contributed by atoms with E-state index in [0.717, 1.165) is 130 Å². The molecule has 33 nitrogen and oxygen atoms in total. The minimum absolute atomic E-state index is 0.00799. The number of rotatable bonds is 36. The fourth-order valence-electron chi connectivity index (χ4n) is 17.3. The molecule has 4 aliphatic heterocycles. The summed E-state index contributed by atoms with van der Waals surface area (Å²) in [7, 11) is 10.5. The molecule has 11 heterocycles. The number of carbonyl (C=O) groups is 3. The summed E-state index contributed by atoms with van der Waals surface area (Å²) in [6.07, 6.45) is 27.4. The van der Waals surface area contributed by atoms with Gasteiger partial charge in [-0.2, -0.15) is 0 Å². The summed E-state index contributed by atoms with van der Waals surface area (Å²) < 4.78 is 93.6. The second-order valence-electron chi connectivity index (χ2n) is 35.8. The number of hydrogen-bond acceptors (Lipinski definition) is 31. The Labute approximate surface area is 875 Å². The van der Waals surface area contributed by atoms with Crippen LogP contribution in [0.25, 0.3) is 43.7 Å². The van der Waals surface area contributed by atoms with Crippen LogP contribution < -0.4 is 49.9 Å². The lowest BCUT2D eigenvalue weighted by Crippen LogP contribution is -2.37. The van der Waals surface area contributed by atoms with Crippen LogP contribution in [-0.2, 0) is 47.9 Å². The highest BCUT2D eigenvalue weighted by Gasteiger charge is 2.40. The van der Waals surface area contributed by atoms with E-state index in [9.17, 15) is 32.7 Å². The van der Waals surface area contributed by atoms with E-state index in [1.165, 1.54) is 104 Å². The number of thiazole rings is 1. The zero-order valence-electron chi connectivity index (χ0n) is 84.1. The summed E-state index contributed by atoms with van der Waals surface area (Å²) in [6, 6.07) is 41.1. The number of imidazole rings is 1. The molecule has 7 aromatic heterocycles. The molecule has 0 aliphatic carbocycles. The van der Waals surface area contributed by atoms with Crippen molar-refractivity contribution in [2.75, 3.05) is 154 Å².